The summed E-state index contributed by atoms with van der Waals surface area (Å²) < 4.78 is 0.996. The molecule has 1 unspecified atom stereocenters. The maximum absolute atomic E-state index is 9.94. The van der Waals surface area contributed by atoms with Crippen molar-refractivity contribution in [2.45, 2.75) is 25.8 Å². The fraction of sp³-hybridized carbons (Fsp3) is 0.538. The molecule has 3 nitrogen and oxygen atoms in total. The number of aromatic hydroxyl groups is 1. The summed E-state index contributed by atoms with van der Waals surface area (Å²) in [5, 5.41) is 9.94. The van der Waals surface area contributed by atoms with E-state index in [2.05, 4.69) is 34.8 Å². The molecular formula is C13H21BrN2O. The van der Waals surface area contributed by atoms with Gasteiger partial charge in [0.05, 0.1) is 0 Å². The highest BCUT2D eigenvalue weighted by Gasteiger charge is 2.18. The molecule has 0 aliphatic rings. The molecule has 1 atom stereocenters. The molecule has 0 spiro atoms. The van der Waals surface area contributed by atoms with E-state index < -0.39 is 0 Å². The molecule has 3 N–H and O–H groups in total. The van der Waals surface area contributed by atoms with Crippen LogP contribution in [0.3, 0.4) is 0 Å². The van der Waals surface area contributed by atoms with Gasteiger partial charge in [-0.3, -0.25) is 4.90 Å². The van der Waals surface area contributed by atoms with Gasteiger partial charge in [0, 0.05) is 16.1 Å². The zero-order valence-corrected chi connectivity index (χ0v) is 12.1. The number of phenolic OH excluding ortho intramolecular Hbond substituents is 1. The van der Waals surface area contributed by atoms with Crippen LogP contribution in [-0.2, 0) is 0 Å². The van der Waals surface area contributed by atoms with Gasteiger partial charge >= 0.3 is 0 Å². The van der Waals surface area contributed by atoms with Gasteiger partial charge in [0.2, 0.25) is 0 Å². The molecule has 0 fully saturated rings. The van der Waals surface area contributed by atoms with Crippen molar-refractivity contribution in [3.63, 3.8) is 0 Å². The average molecular weight is 301 g/mol. The third-order valence-electron chi connectivity index (χ3n) is 2.98. The monoisotopic (exact) mass is 300 g/mol. The second-order valence-electron chi connectivity index (χ2n) is 4.25. The number of phenols is 1. The predicted octanol–water partition coefficient (Wildman–Crippen LogP) is 2.89. The van der Waals surface area contributed by atoms with E-state index in [4.69, 9.17) is 5.73 Å². The molecule has 0 saturated heterocycles. The van der Waals surface area contributed by atoms with Crippen LogP contribution in [0.15, 0.2) is 22.7 Å². The van der Waals surface area contributed by atoms with Gasteiger partial charge in [-0.25, -0.2) is 0 Å². The van der Waals surface area contributed by atoms with Crippen LogP contribution in [0.1, 0.15) is 31.4 Å². The van der Waals surface area contributed by atoms with Gasteiger partial charge in [-0.1, -0.05) is 22.9 Å². The zero-order chi connectivity index (χ0) is 12.8. The van der Waals surface area contributed by atoms with E-state index in [1.165, 1.54) is 0 Å². The molecule has 0 aromatic heterocycles. The Hall–Kier alpha value is -0.580. The van der Waals surface area contributed by atoms with Crippen LogP contribution in [0.2, 0.25) is 0 Å². The van der Waals surface area contributed by atoms with E-state index in [0.717, 1.165) is 29.4 Å². The molecule has 96 valence electrons. The Morgan fingerprint density at radius 1 is 1.47 bits per heavy atom. The van der Waals surface area contributed by atoms with Crippen molar-refractivity contribution < 1.29 is 5.11 Å². The highest BCUT2D eigenvalue weighted by Crippen LogP contribution is 2.32. The highest BCUT2D eigenvalue weighted by molar-refractivity contribution is 9.10. The summed E-state index contributed by atoms with van der Waals surface area (Å²) in [6.07, 6.45) is 1.94. The number of hydrogen-bond acceptors (Lipinski definition) is 3. The second kappa shape index (κ2) is 6.99. The largest absolute Gasteiger partial charge is 0.508 e. The standard InChI is InChI=1S/C13H21BrN2O/c1-3-12(16(2)8-4-7-15)11-9-10(14)5-6-13(11)17/h5-6,9,12,17H,3-4,7-8,15H2,1-2H3. The topological polar surface area (TPSA) is 49.5 Å². The molecule has 0 aliphatic heterocycles. The lowest BCUT2D eigenvalue weighted by atomic mass is 10.0. The zero-order valence-electron chi connectivity index (χ0n) is 10.5. The molecule has 4 heteroatoms. The molecule has 1 rings (SSSR count). The summed E-state index contributed by atoms with van der Waals surface area (Å²) in [4.78, 5) is 2.24. The van der Waals surface area contributed by atoms with Crippen molar-refractivity contribution in [3.8, 4) is 5.75 Å². The number of nitrogens with two attached hydrogens (primary N) is 1. The fourth-order valence-electron chi connectivity index (χ4n) is 2.06. The lowest BCUT2D eigenvalue weighted by Crippen LogP contribution is -2.26. The highest BCUT2D eigenvalue weighted by atomic mass is 79.9. The minimum absolute atomic E-state index is 0.235. The van der Waals surface area contributed by atoms with Gasteiger partial charge in [0.15, 0.2) is 0 Å². The molecule has 17 heavy (non-hydrogen) atoms. The van der Waals surface area contributed by atoms with Gasteiger partial charge in [0.1, 0.15) is 5.75 Å². The van der Waals surface area contributed by atoms with Crippen molar-refractivity contribution in [1.82, 2.24) is 4.90 Å². The summed E-state index contributed by atoms with van der Waals surface area (Å²) in [5.74, 6) is 0.361. The fourth-order valence-corrected chi connectivity index (χ4v) is 2.44. The van der Waals surface area contributed by atoms with Crippen LogP contribution in [0, 0.1) is 0 Å². The lowest BCUT2D eigenvalue weighted by molar-refractivity contribution is 0.232. The minimum Gasteiger partial charge on any atom is -0.508 e. The van der Waals surface area contributed by atoms with Gasteiger partial charge in [-0.15, -0.1) is 0 Å². The first-order valence-corrected chi connectivity index (χ1v) is 6.78. The van der Waals surface area contributed by atoms with Crippen molar-refractivity contribution in [3.05, 3.63) is 28.2 Å². The molecule has 0 radical (unpaired) electrons. The van der Waals surface area contributed by atoms with Crippen LogP contribution in [0.5, 0.6) is 5.75 Å². The average Bonchev–Trinajstić information content (AvgIpc) is 2.32. The van der Waals surface area contributed by atoms with Gasteiger partial charge in [0.25, 0.3) is 0 Å². The third kappa shape index (κ3) is 3.98. The number of benzene rings is 1. The number of rotatable bonds is 6. The summed E-state index contributed by atoms with van der Waals surface area (Å²) in [6, 6.07) is 5.81. The first kappa shape index (κ1) is 14.5. The first-order chi connectivity index (χ1) is 8.10. The molecule has 0 bridgehead atoms. The molecule has 1 aromatic rings. The SMILES string of the molecule is CCC(c1cc(Br)ccc1O)N(C)CCCN. The van der Waals surface area contributed by atoms with Crippen LogP contribution < -0.4 is 5.73 Å². The molecule has 0 amide bonds. The predicted molar refractivity (Wildman–Crippen MR) is 75.1 cm³/mol. The smallest absolute Gasteiger partial charge is 0.120 e. The maximum atomic E-state index is 9.94. The molecule has 1 aromatic carbocycles. The van der Waals surface area contributed by atoms with Crippen LogP contribution >= 0.6 is 15.9 Å². The summed E-state index contributed by atoms with van der Waals surface area (Å²) in [7, 11) is 2.07. The molecule has 0 saturated carbocycles. The van der Waals surface area contributed by atoms with E-state index in [0.29, 0.717) is 12.3 Å². The van der Waals surface area contributed by atoms with E-state index >= 15 is 0 Å². The Morgan fingerprint density at radius 2 is 2.18 bits per heavy atom. The number of hydrogen-bond donors (Lipinski definition) is 2. The first-order valence-electron chi connectivity index (χ1n) is 5.98. The van der Waals surface area contributed by atoms with Crippen molar-refractivity contribution >= 4 is 15.9 Å². The Balaban J connectivity index is 2.88. The van der Waals surface area contributed by atoms with Gasteiger partial charge in [-0.2, -0.15) is 0 Å². The molecular weight excluding hydrogens is 280 g/mol. The van der Waals surface area contributed by atoms with Crippen LogP contribution in [0.4, 0.5) is 0 Å². The second-order valence-corrected chi connectivity index (χ2v) is 5.17. The van der Waals surface area contributed by atoms with E-state index in [9.17, 15) is 5.11 Å². The molecule has 0 heterocycles. The summed E-state index contributed by atoms with van der Waals surface area (Å²) in [6.45, 7) is 3.77. The summed E-state index contributed by atoms with van der Waals surface area (Å²) in [5.41, 5.74) is 6.50. The quantitative estimate of drug-likeness (QED) is 0.849. The Bertz CT molecular complexity index is 357. The van der Waals surface area contributed by atoms with Gasteiger partial charge < -0.3 is 10.8 Å². The van der Waals surface area contributed by atoms with Crippen molar-refractivity contribution in [1.29, 1.82) is 0 Å². The van der Waals surface area contributed by atoms with Crippen LogP contribution in [0.25, 0.3) is 0 Å². The van der Waals surface area contributed by atoms with E-state index in [-0.39, 0.29) is 6.04 Å². The van der Waals surface area contributed by atoms with Crippen molar-refractivity contribution in [2.24, 2.45) is 5.73 Å². The Labute approximate surface area is 112 Å². The normalized spacial score (nSPS) is 13.0. The lowest BCUT2D eigenvalue weighted by Gasteiger charge is -2.28. The summed E-state index contributed by atoms with van der Waals surface area (Å²) >= 11 is 3.45. The van der Waals surface area contributed by atoms with E-state index in [1.807, 2.05) is 12.1 Å². The van der Waals surface area contributed by atoms with E-state index in [1.54, 1.807) is 6.07 Å². The Kier molecular flexibility index (Phi) is 5.95. The number of halogens is 1. The number of nitrogens with zero attached hydrogens (tertiary/aromatic N) is 1. The van der Waals surface area contributed by atoms with Gasteiger partial charge in [-0.05, 0) is 51.2 Å². The minimum atomic E-state index is 0.235. The maximum Gasteiger partial charge on any atom is 0.120 e. The van der Waals surface area contributed by atoms with Crippen molar-refractivity contribution in [2.75, 3.05) is 20.1 Å². The van der Waals surface area contributed by atoms with Crippen LogP contribution in [-0.4, -0.2) is 30.1 Å². The Morgan fingerprint density at radius 3 is 2.76 bits per heavy atom. The third-order valence-corrected chi connectivity index (χ3v) is 3.48. The molecule has 0 aliphatic carbocycles.